The minimum absolute atomic E-state index is 0.0188. The lowest BCUT2D eigenvalue weighted by molar-refractivity contribution is 0.0149. The molecular weight excluding hydrogens is 645 g/mol. The summed E-state index contributed by atoms with van der Waals surface area (Å²) in [6.07, 6.45) is 23.9. The predicted molar refractivity (Wildman–Crippen MR) is 220 cm³/mol. The molecule has 1 heterocycles. The molecule has 1 saturated heterocycles. The fourth-order valence-corrected chi connectivity index (χ4v) is 11.5. The molecule has 5 heteroatoms. The van der Waals surface area contributed by atoms with Crippen molar-refractivity contribution in [2.75, 3.05) is 0 Å². The van der Waals surface area contributed by atoms with Gasteiger partial charge in [0.2, 0.25) is 0 Å². The highest BCUT2D eigenvalue weighted by Crippen LogP contribution is 2.67. The van der Waals surface area contributed by atoms with Crippen molar-refractivity contribution in [1.82, 2.24) is 0 Å². The molecule has 51 heavy (non-hydrogen) atoms. The van der Waals surface area contributed by atoms with E-state index in [0.717, 1.165) is 35.1 Å². The van der Waals surface area contributed by atoms with Crippen LogP contribution < -0.4 is 0 Å². The lowest BCUT2D eigenvalue weighted by Crippen LogP contribution is -2.48. The second kappa shape index (κ2) is 17.6. The molecule has 2 fully saturated rings. The fourth-order valence-electron chi connectivity index (χ4n) is 8.68. The molecular formula is C46H70O4Si. The lowest BCUT2D eigenvalue weighted by Gasteiger charge is -2.41. The zero-order valence-electron chi connectivity index (χ0n) is 34.4. The number of epoxide rings is 1. The largest absolute Gasteiger partial charge is 0.414 e. The van der Waals surface area contributed by atoms with Crippen LogP contribution in [0.3, 0.4) is 0 Å². The van der Waals surface area contributed by atoms with E-state index in [-0.39, 0.29) is 22.5 Å². The summed E-state index contributed by atoms with van der Waals surface area (Å²) >= 11 is 0. The van der Waals surface area contributed by atoms with Crippen molar-refractivity contribution in [3.63, 3.8) is 0 Å². The lowest BCUT2D eigenvalue weighted by atomic mass is 9.61. The Morgan fingerprint density at radius 1 is 0.863 bits per heavy atom. The second-order valence-corrected chi connectivity index (χ2v) is 21.9. The average molecular weight is 715 g/mol. The minimum Gasteiger partial charge on any atom is -0.414 e. The summed E-state index contributed by atoms with van der Waals surface area (Å²) in [6.45, 7) is 28.4. The van der Waals surface area contributed by atoms with Crippen LogP contribution in [-0.2, 0) is 9.16 Å². The van der Waals surface area contributed by atoms with Crippen molar-refractivity contribution in [2.45, 2.75) is 170 Å². The molecule has 2 N–H and O–H groups in total. The van der Waals surface area contributed by atoms with Gasteiger partial charge in [-0.1, -0.05) is 138 Å². The predicted octanol–water partition coefficient (Wildman–Crippen LogP) is 11.4. The van der Waals surface area contributed by atoms with Gasteiger partial charge in [-0.3, -0.25) is 0 Å². The van der Waals surface area contributed by atoms with Crippen molar-refractivity contribution >= 4 is 8.32 Å². The first-order valence-corrected chi connectivity index (χ1v) is 22.0. The van der Waals surface area contributed by atoms with Gasteiger partial charge in [-0.2, -0.15) is 0 Å². The van der Waals surface area contributed by atoms with E-state index in [1.54, 1.807) is 0 Å². The zero-order chi connectivity index (χ0) is 38.3. The Morgan fingerprint density at radius 3 is 1.96 bits per heavy atom. The van der Waals surface area contributed by atoms with E-state index in [2.05, 4.69) is 137 Å². The zero-order valence-corrected chi connectivity index (χ0v) is 35.4. The maximum atomic E-state index is 11.0. The summed E-state index contributed by atoms with van der Waals surface area (Å²) in [5.41, 5.74) is 5.99. The standard InChI is InChI=1S/C46H70O4Si/c1-14-51(15-2,16-3)49-40-29-38(8)41(43(9,10)32-40)28-27-36(6)24-19-23-34(4)21-17-18-22-35(5)25-20-26-37(7)42(48)33-46-44(11,12)30-39(47)31-45(46,13)50-46/h17-26,39-40,42,47-48H,14-16,29-33H2,1-13H3/b18-17+,23-19+,25-20+,34-21+,35-22+,36-24+,37-26+/t39-,40+,42?,45+,46-/m0/s1. The van der Waals surface area contributed by atoms with Gasteiger partial charge in [-0.15, -0.1) is 0 Å². The van der Waals surface area contributed by atoms with Crippen LogP contribution in [0, 0.1) is 22.7 Å². The third-order valence-electron chi connectivity index (χ3n) is 12.0. The van der Waals surface area contributed by atoms with Crippen LogP contribution in [0.4, 0.5) is 0 Å². The monoisotopic (exact) mass is 715 g/mol. The van der Waals surface area contributed by atoms with Gasteiger partial charge in [0.1, 0.15) is 5.60 Å². The number of rotatable bonds is 14. The SMILES string of the molecule is CC[Si](CC)(CC)O[C@@H]1CC(C)=C(C#C/C(C)=C/C=C/C(C)=C/C=C/C=C(C)/C=C/C=C(\C)C(O)C[C@@]23O[C@]2(C)C[C@@H](O)CC3(C)C)C(C)(C)C1. The van der Waals surface area contributed by atoms with Gasteiger partial charge < -0.3 is 19.4 Å². The Labute approximate surface area is 313 Å². The molecule has 3 aliphatic rings. The van der Waals surface area contributed by atoms with Crippen molar-refractivity contribution in [1.29, 1.82) is 0 Å². The number of aliphatic hydroxyl groups is 2. The summed E-state index contributed by atoms with van der Waals surface area (Å²) in [5, 5.41) is 21.3. The number of allylic oxidation sites excluding steroid dienone is 14. The number of fused-ring (bicyclic) bond motifs is 1. The first-order valence-electron chi connectivity index (χ1n) is 19.5. The van der Waals surface area contributed by atoms with Gasteiger partial charge in [-0.05, 0) is 101 Å². The number of hydrogen-bond donors (Lipinski definition) is 2. The molecule has 1 aliphatic heterocycles. The molecule has 0 aromatic rings. The highest BCUT2D eigenvalue weighted by Gasteiger charge is 2.75. The quantitative estimate of drug-likeness (QED) is 0.0814. The highest BCUT2D eigenvalue weighted by molar-refractivity contribution is 6.73. The molecule has 5 atom stereocenters. The third-order valence-corrected chi connectivity index (χ3v) is 16.7. The Hall–Kier alpha value is -2.46. The molecule has 3 rings (SSSR count). The molecule has 0 aromatic carbocycles. The van der Waals surface area contributed by atoms with Crippen molar-refractivity contribution in [3.05, 3.63) is 94.2 Å². The number of ether oxygens (including phenoxy) is 1. The van der Waals surface area contributed by atoms with Crippen molar-refractivity contribution in [3.8, 4) is 11.8 Å². The van der Waals surface area contributed by atoms with Crippen LogP contribution in [0.25, 0.3) is 0 Å². The molecule has 282 valence electrons. The van der Waals surface area contributed by atoms with Gasteiger partial charge in [0.15, 0.2) is 8.32 Å². The van der Waals surface area contributed by atoms with E-state index in [4.69, 9.17) is 9.16 Å². The van der Waals surface area contributed by atoms with Crippen molar-refractivity contribution in [2.24, 2.45) is 10.8 Å². The summed E-state index contributed by atoms with van der Waals surface area (Å²) in [4.78, 5) is 0. The maximum absolute atomic E-state index is 11.0. The molecule has 1 saturated carbocycles. The van der Waals surface area contributed by atoms with E-state index in [1.165, 1.54) is 29.3 Å². The Morgan fingerprint density at radius 2 is 1.43 bits per heavy atom. The van der Waals surface area contributed by atoms with E-state index in [1.807, 2.05) is 25.2 Å². The molecule has 4 nitrogen and oxygen atoms in total. The molecule has 0 spiro atoms. The fraction of sp³-hybridized carbons (Fsp3) is 0.609. The van der Waals surface area contributed by atoms with Crippen LogP contribution in [0.1, 0.15) is 122 Å². The molecule has 2 aliphatic carbocycles. The van der Waals surface area contributed by atoms with Gasteiger partial charge in [0, 0.05) is 24.5 Å². The third kappa shape index (κ3) is 10.8. The molecule has 0 radical (unpaired) electrons. The van der Waals surface area contributed by atoms with Crippen LogP contribution >= 0.6 is 0 Å². The Kier molecular flexibility index (Phi) is 14.8. The van der Waals surface area contributed by atoms with E-state index in [9.17, 15) is 10.2 Å². The molecule has 1 unspecified atom stereocenters. The first kappa shape index (κ1) is 42.9. The molecule has 0 bridgehead atoms. The van der Waals surface area contributed by atoms with Crippen LogP contribution in [0.15, 0.2) is 94.2 Å². The van der Waals surface area contributed by atoms with Crippen LogP contribution in [-0.4, -0.2) is 48.0 Å². The number of hydrogen-bond acceptors (Lipinski definition) is 4. The van der Waals surface area contributed by atoms with Gasteiger partial charge in [-0.25, -0.2) is 0 Å². The van der Waals surface area contributed by atoms with Crippen LogP contribution in [0.2, 0.25) is 18.1 Å². The first-order chi connectivity index (χ1) is 23.8. The minimum atomic E-state index is -1.63. The topological polar surface area (TPSA) is 62.2 Å². The van der Waals surface area contributed by atoms with E-state index < -0.39 is 20.0 Å². The Balaban J connectivity index is 1.52. The number of aliphatic hydroxyl groups excluding tert-OH is 2. The van der Waals surface area contributed by atoms with E-state index >= 15 is 0 Å². The normalized spacial score (nSPS) is 29.5. The molecule has 0 aromatic heterocycles. The van der Waals surface area contributed by atoms with Crippen LogP contribution in [0.5, 0.6) is 0 Å². The molecule has 0 amide bonds. The average Bonchev–Trinajstić information content (AvgIpc) is 3.65. The Bertz CT molecular complexity index is 1540. The summed E-state index contributed by atoms with van der Waals surface area (Å²) in [7, 11) is -1.63. The van der Waals surface area contributed by atoms with E-state index in [0.29, 0.717) is 25.4 Å². The maximum Gasteiger partial charge on any atom is 0.192 e. The highest BCUT2D eigenvalue weighted by atomic mass is 28.4. The smallest absolute Gasteiger partial charge is 0.192 e. The van der Waals surface area contributed by atoms with Gasteiger partial charge >= 0.3 is 0 Å². The summed E-state index contributed by atoms with van der Waals surface area (Å²) < 4.78 is 13.2. The summed E-state index contributed by atoms with van der Waals surface area (Å²) in [5.74, 6) is 6.97. The second-order valence-electron chi connectivity index (χ2n) is 17.2. The van der Waals surface area contributed by atoms with Crippen molar-refractivity contribution < 1.29 is 19.4 Å². The van der Waals surface area contributed by atoms with Gasteiger partial charge in [0.25, 0.3) is 0 Å². The van der Waals surface area contributed by atoms with Gasteiger partial charge in [0.05, 0.1) is 17.8 Å². The summed E-state index contributed by atoms with van der Waals surface area (Å²) in [6, 6.07) is 3.58.